The molecule has 0 aliphatic heterocycles. The molecule has 2 aliphatic carbocycles. The molecule has 0 bridgehead atoms. The van der Waals surface area contributed by atoms with Gasteiger partial charge in [0.25, 0.3) is 0 Å². The third-order valence-corrected chi connectivity index (χ3v) is 11.1. The van der Waals surface area contributed by atoms with E-state index in [9.17, 15) is 10.5 Å². The van der Waals surface area contributed by atoms with Gasteiger partial charge in [-0.1, -0.05) is 75.2 Å². The maximum Gasteiger partial charge on any atom is 0.131 e. The Morgan fingerprint density at radius 2 is 0.915 bits per heavy atom. The van der Waals surface area contributed by atoms with Crippen LogP contribution < -0.4 is 4.74 Å². The number of hydrogen-bond donors (Lipinski definition) is 0. The number of ether oxygens (including phenoxy) is 1. The average molecular weight is 621 g/mol. The molecule has 0 saturated heterocycles. The Hall–Kier alpha value is -4.34. The zero-order chi connectivity index (χ0) is 32.6. The molecule has 0 N–H and O–H groups in total. The van der Waals surface area contributed by atoms with Gasteiger partial charge in [-0.25, -0.2) is 0 Å². The van der Waals surface area contributed by atoms with Crippen molar-refractivity contribution < 1.29 is 4.74 Å². The minimum absolute atomic E-state index is 0.625. The lowest BCUT2D eigenvalue weighted by Gasteiger charge is -2.28. The summed E-state index contributed by atoms with van der Waals surface area (Å²) in [5, 5.41) is 19.4. The number of nitrogens with zero attached hydrogens (tertiary/aromatic N) is 2. The van der Waals surface area contributed by atoms with Crippen LogP contribution in [0.1, 0.15) is 134 Å². The molecule has 0 aromatic heterocycles. The summed E-state index contributed by atoms with van der Waals surface area (Å²) in [6.45, 7) is 4.64. The van der Waals surface area contributed by atoms with Crippen LogP contribution in [0.4, 0.5) is 0 Å². The number of rotatable bonds is 10. The molecule has 6 rings (SSSR count). The first-order chi connectivity index (χ1) is 23.0. The van der Waals surface area contributed by atoms with Crippen LogP contribution in [0.3, 0.4) is 0 Å². The van der Waals surface area contributed by atoms with Crippen molar-refractivity contribution in [2.75, 3.05) is 0 Å². The van der Waals surface area contributed by atoms with Gasteiger partial charge in [0.15, 0.2) is 0 Å². The molecule has 0 atom stereocenters. The molecule has 4 aromatic rings. The van der Waals surface area contributed by atoms with E-state index in [0.29, 0.717) is 35.8 Å². The van der Waals surface area contributed by atoms with Gasteiger partial charge in [-0.2, -0.15) is 10.5 Å². The highest BCUT2D eigenvalue weighted by atomic mass is 16.5. The predicted octanol–water partition coefficient (Wildman–Crippen LogP) is 11.8. The van der Waals surface area contributed by atoms with Gasteiger partial charge in [0.1, 0.15) is 11.5 Å². The van der Waals surface area contributed by atoms with E-state index >= 15 is 0 Å². The van der Waals surface area contributed by atoms with E-state index < -0.39 is 0 Å². The van der Waals surface area contributed by atoms with Crippen LogP contribution >= 0.6 is 0 Å². The van der Waals surface area contributed by atoms with E-state index in [-0.39, 0.29) is 0 Å². The smallest absolute Gasteiger partial charge is 0.131 e. The standard InChI is InChI=1S/C44H48N2O/c1-3-31-5-15-37(16-6-31)39-19-9-33(10-20-39)25-41-27-35(29-45)13-23-43(41)47-44-24-14-36(30-46)28-42(44)26-34-11-21-40(22-12-34)38-17-7-32(4-2)8-18-38/h9-14,19-24,27-28,31-32,37-38H,3-8,15-18,25-26H2,1-2H3/t31-,32-,37-,38-. The molecule has 2 fully saturated rings. The Balaban J connectivity index is 1.19. The Labute approximate surface area is 282 Å². The summed E-state index contributed by atoms with van der Waals surface area (Å²) in [7, 11) is 0. The van der Waals surface area contributed by atoms with Crippen molar-refractivity contribution in [3.05, 3.63) is 129 Å². The molecule has 3 nitrogen and oxygen atoms in total. The molecule has 0 amide bonds. The van der Waals surface area contributed by atoms with Gasteiger partial charge >= 0.3 is 0 Å². The Morgan fingerprint density at radius 1 is 0.532 bits per heavy atom. The minimum atomic E-state index is 0.625. The molecule has 2 aliphatic rings. The van der Waals surface area contributed by atoms with E-state index in [4.69, 9.17) is 4.74 Å². The third-order valence-electron chi connectivity index (χ3n) is 11.1. The lowest BCUT2D eigenvalue weighted by Crippen LogP contribution is -2.12. The Bertz CT molecular complexity index is 1580. The number of nitriles is 2. The summed E-state index contributed by atoms with van der Waals surface area (Å²) in [5.74, 6) is 4.62. The van der Waals surface area contributed by atoms with Crippen LogP contribution in [0.5, 0.6) is 11.5 Å². The van der Waals surface area contributed by atoms with Gasteiger partial charge in [-0.05, 0) is 134 Å². The highest BCUT2D eigenvalue weighted by molar-refractivity contribution is 5.50. The van der Waals surface area contributed by atoms with Crippen molar-refractivity contribution in [2.24, 2.45) is 11.8 Å². The van der Waals surface area contributed by atoms with Crippen molar-refractivity contribution in [3.8, 4) is 23.6 Å². The average Bonchev–Trinajstić information content (AvgIpc) is 3.13. The van der Waals surface area contributed by atoms with Gasteiger partial charge in [-0.15, -0.1) is 0 Å². The SMILES string of the molecule is CC[C@H]1CC[C@H](c2ccc(Cc3cc(C#N)ccc3Oc3ccc(C#N)cc3Cc3ccc([C@H]4CC[C@H](CC)CC4)cc3)cc2)CC1. The normalized spacial score (nSPS) is 21.0. The Kier molecular flexibility index (Phi) is 10.7. The van der Waals surface area contributed by atoms with Crippen LogP contribution in [0.25, 0.3) is 0 Å². The molecule has 3 heteroatoms. The lowest BCUT2D eigenvalue weighted by molar-refractivity contribution is 0.319. The van der Waals surface area contributed by atoms with E-state index in [1.165, 1.54) is 86.5 Å². The fraction of sp³-hybridized carbons (Fsp3) is 0.409. The maximum absolute atomic E-state index is 9.70. The molecule has 0 unspecified atom stereocenters. The van der Waals surface area contributed by atoms with Crippen molar-refractivity contribution >= 4 is 0 Å². The molecular formula is C44H48N2O. The van der Waals surface area contributed by atoms with Gasteiger partial charge in [0.2, 0.25) is 0 Å². The van der Waals surface area contributed by atoms with Crippen molar-refractivity contribution in [1.82, 2.24) is 0 Å². The number of benzene rings is 4. The zero-order valence-electron chi connectivity index (χ0n) is 28.2. The zero-order valence-corrected chi connectivity index (χ0v) is 28.2. The highest BCUT2D eigenvalue weighted by Crippen LogP contribution is 2.39. The maximum atomic E-state index is 9.70. The van der Waals surface area contributed by atoms with Crippen LogP contribution in [0.15, 0.2) is 84.9 Å². The van der Waals surface area contributed by atoms with Gasteiger partial charge in [0.05, 0.1) is 23.3 Å². The molecule has 47 heavy (non-hydrogen) atoms. The quantitative estimate of drug-likeness (QED) is 0.177. The highest BCUT2D eigenvalue weighted by Gasteiger charge is 2.22. The van der Waals surface area contributed by atoms with Gasteiger partial charge < -0.3 is 4.74 Å². The molecule has 0 spiro atoms. The monoisotopic (exact) mass is 620 g/mol. The topological polar surface area (TPSA) is 56.8 Å². The summed E-state index contributed by atoms with van der Waals surface area (Å²) < 4.78 is 6.64. The van der Waals surface area contributed by atoms with Crippen LogP contribution in [-0.4, -0.2) is 0 Å². The molecule has 0 radical (unpaired) electrons. The minimum Gasteiger partial charge on any atom is -0.457 e. The van der Waals surface area contributed by atoms with E-state index in [1.54, 1.807) is 0 Å². The van der Waals surface area contributed by atoms with Crippen molar-refractivity contribution in [1.29, 1.82) is 10.5 Å². The van der Waals surface area contributed by atoms with Crippen molar-refractivity contribution in [2.45, 2.75) is 103 Å². The summed E-state index contributed by atoms with van der Waals surface area (Å²) in [5.41, 5.74) is 8.53. The van der Waals surface area contributed by atoms with E-state index in [0.717, 1.165) is 34.5 Å². The summed E-state index contributed by atoms with van der Waals surface area (Å²) in [6.07, 6.45) is 14.5. The number of hydrogen-bond acceptors (Lipinski definition) is 3. The first kappa shape index (κ1) is 32.6. The third kappa shape index (κ3) is 8.15. The first-order valence-electron chi connectivity index (χ1n) is 18.0. The molecule has 0 heterocycles. The predicted molar refractivity (Wildman–Crippen MR) is 191 cm³/mol. The summed E-state index contributed by atoms with van der Waals surface area (Å²) in [6, 6.07) is 34.2. The molecule has 240 valence electrons. The molecule has 4 aromatic carbocycles. The molecular weight excluding hydrogens is 572 g/mol. The Morgan fingerprint density at radius 3 is 1.26 bits per heavy atom. The molecule has 2 saturated carbocycles. The summed E-state index contributed by atoms with van der Waals surface area (Å²) in [4.78, 5) is 0. The van der Waals surface area contributed by atoms with Gasteiger partial charge in [-0.3, -0.25) is 0 Å². The first-order valence-corrected chi connectivity index (χ1v) is 18.0. The van der Waals surface area contributed by atoms with Crippen LogP contribution in [0, 0.1) is 34.5 Å². The fourth-order valence-electron chi connectivity index (χ4n) is 7.96. The van der Waals surface area contributed by atoms with Gasteiger partial charge in [0, 0.05) is 24.0 Å². The second-order valence-electron chi connectivity index (χ2n) is 14.1. The second kappa shape index (κ2) is 15.5. The second-order valence-corrected chi connectivity index (χ2v) is 14.1. The fourth-order valence-corrected chi connectivity index (χ4v) is 7.96. The van der Waals surface area contributed by atoms with E-state index in [1.807, 2.05) is 36.4 Å². The largest absolute Gasteiger partial charge is 0.457 e. The van der Waals surface area contributed by atoms with Crippen LogP contribution in [0.2, 0.25) is 0 Å². The van der Waals surface area contributed by atoms with Crippen molar-refractivity contribution in [3.63, 3.8) is 0 Å². The van der Waals surface area contributed by atoms with Crippen LogP contribution in [-0.2, 0) is 12.8 Å². The van der Waals surface area contributed by atoms with E-state index in [2.05, 4.69) is 74.5 Å². The lowest BCUT2D eigenvalue weighted by atomic mass is 9.78. The summed E-state index contributed by atoms with van der Waals surface area (Å²) >= 11 is 0.